The van der Waals surface area contributed by atoms with Gasteiger partial charge in [-0.15, -0.1) is 10.2 Å². The van der Waals surface area contributed by atoms with E-state index in [1.165, 1.54) is 0 Å². The van der Waals surface area contributed by atoms with Crippen molar-refractivity contribution < 1.29 is 9.53 Å². The third kappa shape index (κ3) is 4.93. The molecule has 3 aromatic carbocycles. The lowest BCUT2D eigenvalue weighted by molar-refractivity contribution is 0.262. The van der Waals surface area contributed by atoms with Gasteiger partial charge in [0.1, 0.15) is 5.75 Å². The van der Waals surface area contributed by atoms with Crippen molar-refractivity contribution in [2.75, 3.05) is 17.7 Å². The van der Waals surface area contributed by atoms with Gasteiger partial charge in [0.05, 0.1) is 12.8 Å². The molecular formula is C21H16Cl2N6O2. The highest BCUT2D eigenvalue weighted by Crippen LogP contribution is 2.32. The van der Waals surface area contributed by atoms with Gasteiger partial charge in [-0.25, -0.2) is 4.79 Å². The Bertz CT molecular complexity index is 1190. The summed E-state index contributed by atoms with van der Waals surface area (Å²) in [5.41, 5.74) is 3.45. The van der Waals surface area contributed by atoms with Crippen molar-refractivity contribution in [2.45, 2.75) is 0 Å². The zero-order valence-electron chi connectivity index (χ0n) is 16.2. The molecule has 0 saturated heterocycles. The number of methoxy groups -OCH3 is 1. The predicted molar refractivity (Wildman–Crippen MR) is 121 cm³/mol. The molecular weight excluding hydrogens is 439 g/mol. The summed E-state index contributed by atoms with van der Waals surface area (Å²) in [5.74, 6) is 1.11. The van der Waals surface area contributed by atoms with E-state index in [1.54, 1.807) is 31.4 Å². The number of hydrogen-bond acceptors (Lipinski definition) is 5. The summed E-state index contributed by atoms with van der Waals surface area (Å²) < 4.78 is 5.21. The first-order valence-corrected chi connectivity index (χ1v) is 9.84. The van der Waals surface area contributed by atoms with Crippen LogP contribution in [-0.4, -0.2) is 33.8 Å². The van der Waals surface area contributed by atoms with E-state index >= 15 is 0 Å². The molecule has 1 heterocycles. The van der Waals surface area contributed by atoms with Gasteiger partial charge < -0.3 is 15.4 Å². The maximum Gasteiger partial charge on any atom is 0.323 e. The van der Waals surface area contributed by atoms with E-state index in [-0.39, 0.29) is 0 Å². The zero-order valence-corrected chi connectivity index (χ0v) is 17.7. The lowest BCUT2D eigenvalue weighted by atomic mass is 10.0. The number of tetrazole rings is 1. The molecule has 4 rings (SSSR count). The number of halogens is 2. The molecule has 0 spiro atoms. The zero-order chi connectivity index (χ0) is 21.8. The SMILES string of the molecule is COc1ccc(-c2ccc(NC(=O)Nc3cc(Cl)cc(Cl)c3)c(-c3nn[nH]n3)c2)cc1. The van der Waals surface area contributed by atoms with E-state index in [9.17, 15) is 4.79 Å². The van der Waals surface area contributed by atoms with E-state index in [0.29, 0.717) is 32.8 Å². The lowest BCUT2D eigenvalue weighted by Gasteiger charge is -2.13. The van der Waals surface area contributed by atoms with Crippen LogP contribution in [-0.2, 0) is 0 Å². The second-order valence-corrected chi connectivity index (χ2v) is 7.33. The van der Waals surface area contributed by atoms with Crippen molar-refractivity contribution in [3.63, 3.8) is 0 Å². The summed E-state index contributed by atoms with van der Waals surface area (Å²) in [6.07, 6.45) is 0. The number of H-pyrrole nitrogens is 1. The first-order valence-electron chi connectivity index (χ1n) is 9.08. The van der Waals surface area contributed by atoms with Gasteiger partial charge in [0, 0.05) is 21.3 Å². The van der Waals surface area contributed by atoms with E-state index in [4.69, 9.17) is 27.9 Å². The molecule has 0 radical (unpaired) electrons. The highest BCUT2D eigenvalue weighted by Gasteiger charge is 2.14. The fourth-order valence-electron chi connectivity index (χ4n) is 2.99. The number of carbonyl (C=O) groups is 1. The van der Waals surface area contributed by atoms with Crippen LogP contribution in [0.5, 0.6) is 5.75 Å². The van der Waals surface area contributed by atoms with Crippen molar-refractivity contribution in [1.82, 2.24) is 20.6 Å². The first-order chi connectivity index (χ1) is 15.0. The third-order valence-corrected chi connectivity index (χ3v) is 4.83. The van der Waals surface area contributed by atoms with E-state index in [1.807, 2.05) is 36.4 Å². The Labute approximate surface area is 187 Å². The molecule has 0 aliphatic heterocycles. The summed E-state index contributed by atoms with van der Waals surface area (Å²) in [7, 11) is 1.62. The minimum atomic E-state index is -0.472. The van der Waals surface area contributed by atoms with E-state index in [2.05, 4.69) is 31.3 Å². The lowest BCUT2D eigenvalue weighted by Crippen LogP contribution is -2.20. The minimum absolute atomic E-state index is 0.344. The van der Waals surface area contributed by atoms with Crippen molar-refractivity contribution in [1.29, 1.82) is 0 Å². The van der Waals surface area contributed by atoms with Gasteiger partial charge in [-0.3, -0.25) is 0 Å². The summed E-state index contributed by atoms with van der Waals surface area (Å²) in [4.78, 5) is 12.6. The number of rotatable bonds is 5. The molecule has 1 aromatic heterocycles. The molecule has 156 valence electrons. The molecule has 10 heteroatoms. The minimum Gasteiger partial charge on any atom is -0.497 e. The van der Waals surface area contributed by atoms with Crippen molar-refractivity contribution in [3.05, 3.63) is 70.7 Å². The van der Waals surface area contributed by atoms with Gasteiger partial charge in [-0.05, 0) is 58.8 Å². The molecule has 31 heavy (non-hydrogen) atoms. The Morgan fingerprint density at radius 1 is 0.935 bits per heavy atom. The van der Waals surface area contributed by atoms with Crippen molar-refractivity contribution in [3.8, 4) is 28.3 Å². The summed E-state index contributed by atoms with van der Waals surface area (Å²) >= 11 is 12.0. The molecule has 0 fully saturated rings. The maximum absolute atomic E-state index is 12.6. The number of aromatic amines is 1. The Morgan fingerprint density at radius 3 is 2.29 bits per heavy atom. The van der Waals surface area contributed by atoms with Gasteiger partial charge in [0.15, 0.2) is 0 Å². The number of hydrogen-bond donors (Lipinski definition) is 3. The number of ether oxygens (including phenoxy) is 1. The van der Waals surface area contributed by atoms with Gasteiger partial charge in [0.25, 0.3) is 0 Å². The average Bonchev–Trinajstić information content (AvgIpc) is 3.28. The summed E-state index contributed by atoms with van der Waals surface area (Å²) in [5, 5.41) is 20.5. The molecule has 0 aliphatic rings. The number of benzene rings is 3. The van der Waals surface area contributed by atoms with Crippen LogP contribution in [0.2, 0.25) is 10.0 Å². The van der Waals surface area contributed by atoms with Crippen molar-refractivity contribution in [2.24, 2.45) is 0 Å². The van der Waals surface area contributed by atoms with Gasteiger partial charge in [-0.1, -0.05) is 41.4 Å². The van der Waals surface area contributed by atoms with Gasteiger partial charge >= 0.3 is 6.03 Å². The molecule has 2 amide bonds. The van der Waals surface area contributed by atoms with Crippen LogP contribution in [0.3, 0.4) is 0 Å². The second kappa shape index (κ2) is 9.03. The van der Waals surface area contributed by atoms with E-state index < -0.39 is 6.03 Å². The first kappa shape index (κ1) is 20.6. The second-order valence-electron chi connectivity index (χ2n) is 6.46. The van der Waals surface area contributed by atoms with Crippen LogP contribution in [0, 0.1) is 0 Å². The molecule has 0 atom stereocenters. The molecule has 8 nitrogen and oxygen atoms in total. The fourth-order valence-corrected chi connectivity index (χ4v) is 3.51. The Hall–Kier alpha value is -3.62. The quantitative estimate of drug-likeness (QED) is 0.369. The molecule has 0 bridgehead atoms. The standard InChI is InChI=1S/C21H16Cl2N6O2/c1-31-17-5-2-12(3-6-17)13-4-7-19(18(8-13)20-26-28-29-27-20)25-21(30)24-16-10-14(22)9-15(23)11-16/h2-11H,1H3,(H2,24,25,30)(H,26,27,28,29). The normalized spacial score (nSPS) is 10.5. The number of anilines is 2. The number of nitrogens with one attached hydrogen (secondary N) is 3. The number of carbonyl (C=O) groups excluding carboxylic acids is 1. The largest absolute Gasteiger partial charge is 0.497 e. The van der Waals surface area contributed by atoms with Crippen LogP contribution < -0.4 is 15.4 Å². The fraction of sp³-hybridized carbons (Fsp3) is 0.0476. The molecule has 0 saturated carbocycles. The monoisotopic (exact) mass is 454 g/mol. The van der Waals surface area contributed by atoms with Crippen LogP contribution >= 0.6 is 23.2 Å². The Balaban J connectivity index is 1.62. The Kier molecular flexibility index (Phi) is 6.01. The third-order valence-electron chi connectivity index (χ3n) is 4.40. The van der Waals surface area contributed by atoms with Crippen molar-refractivity contribution >= 4 is 40.6 Å². The smallest absolute Gasteiger partial charge is 0.323 e. The van der Waals surface area contributed by atoms with Gasteiger partial charge in [-0.2, -0.15) is 5.21 Å². The molecule has 0 unspecified atom stereocenters. The molecule has 3 N–H and O–H groups in total. The number of nitrogens with zero attached hydrogens (tertiary/aromatic N) is 3. The van der Waals surface area contributed by atoms with Crippen LogP contribution in [0.15, 0.2) is 60.7 Å². The van der Waals surface area contributed by atoms with Crippen LogP contribution in [0.25, 0.3) is 22.5 Å². The maximum atomic E-state index is 12.6. The number of amides is 2. The number of urea groups is 1. The highest BCUT2D eigenvalue weighted by atomic mass is 35.5. The topological polar surface area (TPSA) is 105 Å². The molecule has 4 aromatic rings. The summed E-state index contributed by atoms with van der Waals surface area (Å²) in [6, 6.07) is 17.5. The molecule has 0 aliphatic carbocycles. The van der Waals surface area contributed by atoms with Crippen LogP contribution in [0.1, 0.15) is 0 Å². The predicted octanol–water partition coefficient (Wildman–Crippen LogP) is 5.49. The number of aromatic nitrogens is 4. The Morgan fingerprint density at radius 2 is 1.65 bits per heavy atom. The summed E-state index contributed by atoms with van der Waals surface area (Å²) in [6.45, 7) is 0. The van der Waals surface area contributed by atoms with Gasteiger partial charge in [0.2, 0.25) is 5.82 Å². The van der Waals surface area contributed by atoms with E-state index in [0.717, 1.165) is 16.9 Å². The van der Waals surface area contributed by atoms with Crippen LogP contribution in [0.4, 0.5) is 16.2 Å². The highest BCUT2D eigenvalue weighted by molar-refractivity contribution is 6.35. The average molecular weight is 455 g/mol.